The number of benzene rings is 2. The molecular weight excluding hydrogens is 228 g/mol. The topological polar surface area (TPSA) is 76.1 Å². The summed E-state index contributed by atoms with van der Waals surface area (Å²) in [6, 6.07) is 15.4. The molecule has 0 aromatic heterocycles. The van der Waals surface area contributed by atoms with Crippen LogP contribution in [0.3, 0.4) is 0 Å². The van der Waals surface area contributed by atoms with Crippen molar-refractivity contribution in [3.63, 3.8) is 0 Å². The molecule has 0 spiro atoms. The van der Waals surface area contributed by atoms with Gasteiger partial charge in [-0.1, -0.05) is 18.2 Å². The average molecular weight is 238 g/mol. The van der Waals surface area contributed by atoms with Crippen molar-refractivity contribution in [2.45, 2.75) is 0 Å². The minimum absolute atomic E-state index is 0.363. The first-order valence-electron chi connectivity index (χ1n) is 5.27. The van der Waals surface area contributed by atoms with Crippen molar-refractivity contribution in [1.82, 2.24) is 0 Å². The van der Waals surface area contributed by atoms with Gasteiger partial charge in [-0.3, -0.25) is 4.79 Å². The van der Waals surface area contributed by atoms with Gasteiger partial charge in [0.2, 0.25) is 5.91 Å². The van der Waals surface area contributed by atoms with E-state index in [2.05, 4.69) is 0 Å². The lowest BCUT2D eigenvalue weighted by Gasteiger charge is -2.07. The summed E-state index contributed by atoms with van der Waals surface area (Å²) in [4.78, 5) is 11.0. The van der Waals surface area contributed by atoms with Crippen LogP contribution in [0, 0.1) is 11.3 Å². The fourth-order valence-corrected chi connectivity index (χ4v) is 1.49. The van der Waals surface area contributed by atoms with E-state index in [0.717, 1.165) is 0 Å². The first-order chi connectivity index (χ1) is 8.70. The van der Waals surface area contributed by atoms with Gasteiger partial charge in [-0.05, 0) is 30.3 Å². The maximum Gasteiger partial charge on any atom is 0.248 e. The second kappa shape index (κ2) is 5.02. The second-order valence-corrected chi connectivity index (χ2v) is 3.60. The Kier molecular flexibility index (Phi) is 3.26. The molecule has 0 bridgehead atoms. The van der Waals surface area contributed by atoms with E-state index in [-0.39, 0.29) is 0 Å². The zero-order chi connectivity index (χ0) is 13.0. The standard InChI is InChI=1S/C14H10N2O2/c15-9-11-4-1-2-7-13(11)18-12-6-3-5-10(8-12)14(16)17/h1-8H,(H2,16,17). The lowest BCUT2D eigenvalue weighted by atomic mass is 10.2. The molecule has 1 amide bonds. The monoisotopic (exact) mass is 238 g/mol. The fourth-order valence-electron chi connectivity index (χ4n) is 1.49. The molecule has 0 fully saturated rings. The van der Waals surface area contributed by atoms with Crippen molar-refractivity contribution in [3.8, 4) is 17.6 Å². The Hall–Kier alpha value is -2.80. The van der Waals surface area contributed by atoms with Crippen molar-refractivity contribution in [2.24, 2.45) is 5.73 Å². The van der Waals surface area contributed by atoms with Crippen LogP contribution in [0.25, 0.3) is 0 Å². The molecule has 0 aliphatic rings. The Morgan fingerprint density at radius 2 is 1.94 bits per heavy atom. The highest BCUT2D eigenvalue weighted by atomic mass is 16.5. The van der Waals surface area contributed by atoms with Gasteiger partial charge in [-0.2, -0.15) is 5.26 Å². The normalized spacial score (nSPS) is 9.50. The molecule has 18 heavy (non-hydrogen) atoms. The zero-order valence-corrected chi connectivity index (χ0v) is 9.46. The summed E-state index contributed by atoms with van der Waals surface area (Å²) in [5.41, 5.74) is 5.98. The van der Waals surface area contributed by atoms with Crippen LogP contribution in [-0.4, -0.2) is 5.91 Å². The van der Waals surface area contributed by atoms with Crippen LogP contribution in [0.2, 0.25) is 0 Å². The molecule has 2 aromatic carbocycles. The Morgan fingerprint density at radius 3 is 2.67 bits per heavy atom. The van der Waals surface area contributed by atoms with Crippen LogP contribution in [0.1, 0.15) is 15.9 Å². The Labute approximate surface area is 104 Å². The molecule has 0 aliphatic heterocycles. The zero-order valence-electron chi connectivity index (χ0n) is 9.46. The molecule has 4 heteroatoms. The predicted octanol–water partition coefficient (Wildman–Crippen LogP) is 2.45. The van der Waals surface area contributed by atoms with Gasteiger partial charge in [0.15, 0.2) is 0 Å². The number of carbonyl (C=O) groups excluding carboxylic acids is 1. The first kappa shape index (κ1) is 11.7. The number of carbonyl (C=O) groups is 1. The quantitative estimate of drug-likeness (QED) is 0.892. The number of hydrogen-bond donors (Lipinski definition) is 1. The van der Waals surface area contributed by atoms with Crippen LogP contribution in [-0.2, 0) is 0 Å². The molecule has 0 saturated heterocycles. The van der Waals surface area contributed by atoms with Crippen molar-refractivity contribution >= 4 is 5.91 Å². The van der Waals surface area contributed by atoms with E-state index in [9.17, 15) is 4.79 Å². The number of para-hydroxylation sites is 1. The highest BCUT2D eigenvalue weighted by Gasteiger charge is 2.05. The largest absolute Gasteiger partial charge is 0.456 e. The highest BCUT2D eigenvalue weighted by molar-refractivity contribution is 5.93. The number of nitriles is 1. The number of nitrogens with zero attached hydrogens (tertiary/aromatic N) is 1. The van der Waals surface area contributed by atoms with Crippen molar-refractivity contribution < 1.29 is 9.53 Å². The summed E-state index contributed by atoms with van der Waals surface area (Å²) in [5.74, 6) is 0.393. The predicted molar refractivity (Wildman–Crippen MR) is 66.2 cm³/mol. The van der Waals surface area contributed by atoms with Crippen LogP contribution >= 0.6 is 0 Å². The third kappa shape index (κ3) is 2.47. The SMILES string of the molecule is N#Cc1ccccc1Oc1cccc(C(N)=O)c1. The smallest absolute Gasteiger partial charge is 0.248 e. The van der Waals surface area contributed by atoms with Gasteiger partial charge in [0.05, 0.1) is 5.56 Å². The van der Waals surface area contributed by atoms with Crippen LogP contribution in [0.4, 0.5) is 0 Å². The Morgan fingerprint density at radius 1 is 1.17 bits per heavy atom. The third-order valence-electron chi connectivity index (χ3n) is 2.35. The van der Waals surface area contributed by atoms with Gasteiger partial charge in [0.1, 0.15) is 17.6 Å². The molecule has 2 rings (SSSR count). The first-order valence-corrected chi connectivity index (χ1v) is 5.27. The maximum atomic E-state index is 11.0. The highest BCUT2D eigenvalue weighted by Crippen LogP contribution is 2.25. The molecule has 2 N–H and O–H groups in total. The minimum Gasteiger partial charge on any atom is -0.456 e. The number of hydrogen-bond acceptors (Lipinski definition) is 3. The minimum atomic E-state index is -0.519. The Bertz CT molecular complexity index is 630. The van der Waals surface area contributed by atoms with E-state index < -0.39 is 5.91 Å². The van der Waals surface area contributed by atoms with Crippen molar-refractivity contribution in [1.29, 1.82) is 5.26 Å². The summed E-state index contributed by atoms with van der Waals surface area (Å²) >= 11 is 0. The molecule has 0 saturated carbocycles. The molecular formula is C14H10N2O2. The number of primary amides is 1. The third-order valence-corrected chi connectivity index (χ3v) is 2.35. The summed E-state index contributed by atoms with van der Waals surface area (Å²) in [7, 11) is 0. The summed E-state index contributed by atoms with van der Waals surface area (Å²) in [6.07, 6.45) is 0. The molecule has 0 radical (unpaired) electrons. The van der Waals surface area contributed by atoms with E-state index in [1.165, 1.54) is 6.07 Å². The average Bonchev–Trinajstić information content (AvgIpc) is 2.39. The van der Waals surface area contributed by atoms with Crippen LogP contribution < -0.4 is 10.5 Å². The summed E-state index contributed by atoms with van der Waals surface area (Å²) in [5, 5.41) is 8.94. The molecule has 0 atom stereocenters. The molecule has 4 nitrogen and oxygen atoms in total. The molecule has 0 aliphatic carbocycles. The van der Waals surface area contributed by atoms with Gasteiger partial charge in [-0.25, -0.2) is 0 Å². The molecule has 0 heterocycles. The molecule has 0 unspecified atom stereocenters. The number of ether oxygens (including phenoxy) is 1. The van der Waals surface area contributed by atoms with E-state index in [1.807, 2.05) is 6.07 Å². The number of rotatable bonds is 3. The summed E-state index contributed by atoms with van der Waals surface area (Å²) in [6.45, 7) is 0. The van der Waals surface area contributed by atoms with Gasteiger partial charge in [-0.15, -0.1) is 0 Å². The fraction of sp³-hybridized carbons (Fsp3) is 0. The van der Waals surface area contributed by atoms with Crippen LogP contribution in [0.5, 0.6) is 11.5 Å². The maximum absolute atomic E-state index is 11.0. The lowest BCUT2D eigenvalue weighted by Crippen LogP contribution is -2.10. The van der Waals surface area contributed by atoms with E-state index in [0.29, 0.717) is 22.6 Å². The number of nitrogens with two attached hydrogens (primary N) is 1. The molecule has 88 valence electrons. The van der Waals surface area contributed by atoms with E-state index in [1.54, 1.807) is 42.5 Å². The molecule has 2 aromatic rings. The van der Waals surface area contributed by atoms with E-state index in [4.69, 9.17) is 15.7 Å². The van der Waals surface area contributed by atoms with E-state index >= 15 is 0 Å². The van der Waals surface area contributed by atoms with Crippen molar-refractivity contribution in [3.05, 3.63) is 59.7 Å². The second-order valence-electron chi connectivity index (χ2n) is 3.60. The van der Waals surface area contributed by atoms with Gasteiger partial charge >= 0.3 is 0 Å². The lowest BCUT2D eigenvalue weighted by molar-refractivity contribution is 0.1000. The van der Waals surface area contributed by atoms with Crippen molar-refractivity contribution in [2.75, 3.05) is 0 Å². The summed E-state index contributed by atoms with van der Waals surface area (Å²) < 4.78 is 5.56. The van der Waals surface area contributed by atoms with Gasteiger partial charge < -0.3 is 10.5 Å². The van der Waals surface area contributed by atoms with Gasteiger partial charge in [0, 0.05) is 5.56 Å². The Balaban J connectivity index is 2.32. The van der Waals surface area contributed by atoms with Crippen LogP contribution in [0.15, 0.2) is 48.5 Å². The number of amides is 1. The van der Waals surface area contributed by atoms with Gasteiger partial charge in [0.25, 0.3) is 0 Å².